The fraction of sp³-hybridized carbons (Fsp3) is 0.154. The molecule has 21 heavy (non-hydrogen) atoms. The van der Waals surface area contributed by atoms with Gasteiger partial charge in [0, 0.05) is 6.07 Å². The lowest BCUT2D eigenvalue weighted by Gasteiger charge is -2.07. The maximum Gasteiger partial charge on any atom is 0.256 e. The molecule has 0 saturated carbocycles. The molecular weight excluding hydrogens is 301 g/mol. The van der Waals surface area contributed by atoms with Crippen molar-refractivity contribution in [2.45, 2.75) is 6.92 Å². The van der Waals surface area contributed by atoms with Crippen molar-refractivity contribution >= 4 is 29.2 Å². The Kier molecular flexibility index (Phi) is 4.54. The molecule has 0 aliphatic carbocycles. The zero-order valence-corrected chi connectivity index (χ0v) is 11.7. The molecule has 0 aliphatic heterocycles. The van der Waals surface area contributed by atoms with Crippen molar-refractivity contribution in [2.24, 2.45) is 0 Å². The highest BCUT2D eigenvalue weighted by Crippen LogP contribution is 2.18. The monoisotopic (exact) mass is 311 g/mol. The molecule has 2 aromatic rings. The van der Waals surface area contributed by atoms with E-state index in [0.29, 0.717) is 5.76 Å². The average Bonchev–Trinajstić information content (AvgIpc) is 2.81. The minimum absolute atomic E-state index is 0.0277. The molecular formula is C13H11ClFN3O3. The van der Waals surface area contributed by atoms with Crippen LogP contribution in [0.15, 0.2) is 28.8 Å². The maximum absolute atomic E-state index is 13.5. The van der Waals surface area contributed by atoms with Crippen molar-refractivity contribution in [1.29, 1.82) is 0 Å². The van der Waals surface area contributed by atoms with E-state index in [9.17, 15) is 14.0 Å². The van der Waals surface area contributed by atoms with Crippen LogP contribution >= 0.6 is 11.6 Å². The van der Waals surface area contributed by atoms with Gasteiger partial charge in [0.15, 0.2) is 5.82 Å². The number of hydrogen-bond donors (Lipinski definition) is 2. The summed E-state index contributed by atoms with van der Waals surface area (Å²) >= 11 is 5.75. The minimum Gasteiger partial charge on any atom is -0.360 e. The number of nitrogens with one attached hydrogen (secondary N) is 2. The summed E-state index contributed by atoms with van der Waals surface area (Å²) in [4.78, 5) is 23.4. The second kappa shape index (κ2) is 6.36. The molecule has 1 aromatic heterocycles. The number of hydrogen-bond acceptors (Lipinski definition) is 4. The maximum atomic E-state index is 13.5. The lowest BCUT2D eigenvalue weighted by molar-refractivity contribution is -0.115. The normalized spacial score (nSPS) is 10.2. The van der Waals surface area contributed by atoms with Gasteiger partial charge in [0.1, 0.15) is 11.6 Å². The summed E-state index contributed by atoms with van der Waals surface area (Å²) in [5.74, 6) is -1.29. The van der Waals surface area contributed by atoms with Gasteiger partial charge in [-0.3, -0.25) is 9.59 Å². The van der Waals surface area contributed by atoms with Crippen molar-refractivity contribution < 1.29 is 18.5 Å². The SMILES string of the molecule is Cc1cc(NC(=O)CNC(=O)c2c(F)cccc2Cl)no1. The zero-order valence-electron chi connectivity index (χ0n) is 10.9. The molecule has 0 spiro atoms. The summed E-state index contributed by atoms with van der Waals surface area (Å²) in [5.41, 5.74) is -0.302. The van der Waals surface area contributed by atoms with E-state index in [2.05, 4.69) is 15.8 Å². The number of carbonyl (C=O) groups excluding carboxylic acids is 2. The fourth-order valence-electron chi connectivity index (χ4n) is 1.58. The van der Waals surface area contributed by atoms with Gasteiger partial charge in [-0.15, -0.1) is 0 Å². The van der Waals surface area contributed by atoms with E-state index in [1.807, 2.05) is 0 Å². The topological polar surface area (TPSA) is 84.2 Å². The van der Waals surface area contributed by atoms with Crippen molar-refractivity contribution in [3.05, 3.63) is 46.4 Å². The summed E-state index contributed by atoms with van der Waals surface area (Å²) in [5, 5.41) is 8.23. The number of amides is 2. The summed E-state index contributed by atoms with van der Waals surface area (Å²) < 4.78 is 18.3. The van der Waals surface area contributed by atoms with Crippen LogP contribution in [-0.4, -0.2) is 23.5 Å². The lowest BCUT2D eigenvalue weighted by Crippen LogP contribution is -2.33. The molecule has 1 heterocycles. The molecule has 110 valence electrons. The molecule has 0 fully saturated rings. The van der Waals surface area contributed by atoms with E-state index in [1.165, 1.54) is 18.2 Å². The second-order valence-electron chi connectivity index (χ2n) is 4.15. The van der Waals surface area contributed by atoms with E-state index >= 15 is 0 Å². The van der Waals surface area contributed by atoms with Gasteiger partial charge in [-0.05, 0) is 19.1 Å². The summed E-state index contributed by atoms with van der Waals surface area (Å²) in [6, 6.07) is 5.40. The Morgan fingerprint density at radius 1 is 1.43 bits per heavy atom. The Morgan fingerprint density at radius 3 is 2.81 bits per heavy atom. The van der Waals surface area contributed by atoms with E-state index in [4.69, 9.17) is 16.1 Å². The molecule has 0 bridgehead atoms. The molecule has 0 radical (unpaired) electrons. The number of rotatable bonds is 4. The van der Waals surface area contributed by atoms with Gasteiger partial charge in [-0.25, -0.2) is 4.39 Å². The molecule has 0 aliphatic rings. The third kappa shape index (κ3) is 3.79. The zero-order chi connectivity index (χ0) is 15.4. The van der Waals surface area contributed by atoms with Crippen LogP contribution in [0.5, 0.6) is 0 Å². The van der Waals surface area contributed by atoms with E-state index in [-0.39, 0.29) is 22.9 Å². The van der Waals surface area contributed by atoms with E-state index < -0.39 is 17.6 Å². The van der Waals surface area contributed by atoms with E-state index in [0.717, 1.165) is 6.07 Å². The van der Waals surface area contributed by atoms with Crippen LogP contribution in [0.25, 0.3) is 0 Å². The highest BCUT2D eigenvalue weighted by Gasteiger charge is 2.16. The van der Waals surface area contributed by atoms with Gasteiger partial charge >= 0.3 is 0 Å². The van der Waals surface area contributed by atoms with Crippen LogP contribution < -0.4 is 10.6 Å². The van der Waals surface area contributed by atoms with Gasteiger partial charge in [-0.1, -0.05) is 22.8 Å². The average molecular weight is 312 g/mol. The Morgan fingerprint density at radius 2 is 2.19 bits per heavy atom. The first-order chi connectivity index (χ1) is 9.97. The first kappa shape index (κ1) is 15.0. The summed E-state index contributed by atoms with van der Waals surface area (Å²) in [7, 11) is 0. The van der Waals surface area contributed by atoms with Gasteiger partial charge in [0.05, 0.1) is 17.1 Å². The molecule has 8 heteroatoms. The third-order valence-electron chi connectivity index (χ3n) is 2.49. The fourth-order valence-corrected chi connectivity index (χ4v) is 1.82. The van der Waals surface area contributed by atoms with Crippen LogP contribution in [0.1, 0.15) is 16.1 Å². The van der Waals surface area contributed by atoms with Crippen molar-refractivity contribution in [2.75, 3.05) is 11.9 Å². The second-order valence-corrected chi connectivity index (χ2v) is 4.56. The van der Waals surface area contributed by atoms with Crippen LogP contribution in [0.2, 0.25) is 5.02 Å². The number of halogens is 2. The number of aryl methyl sites for hydroxylation is 1. The van der Waals surface area contributed by atoms with Gasteiger partial charge in [-0.2, -0.15) is 0 Å². The van der Waals surface area contributed by atoms with Crippen molar-refractivity contribution in [1.82, 2.24) is 10.5 Å². The molecule has 0 saturated heterocycles. The summed E-state index contributed by atoms with van der Waals surface area (Å²) in [6.45, 7) is 1.32. The van der Waals surface area contributed by atoms with Gasteiger partial charge in [0.2, 0.25) is 5.91 Å². The van der Waals surface area contributed by atoms with Crippen LogP contribution in [0.4, 0.5) is 10.2 Å². The molecule has 2 amide bonds. The predicted molar refractivity (Wildman–Crippen MR) is 73.6 cm³/mol. The Bertz CT molecular complexity index is 667. The predicted octanol–water partition coefficient (Wildman–Crippen LogP) is 2.14. The molecule has 2 rings (SSSR count). The minimum atomic E-state index is -0.774. The first-order valence-electron chi connectivity index (χ1n) is 5.92. The largest absolute Gasteiger partial charge is 0.360 e. The molecule has 2 N–H and O–H groups in total. The third-order valence-corrected chi connectivity index (χ3v) is 2.81. The Hall–Kier alpha value is -2.41. The molecule has 0 unspecified atom stereocenters. The Labute approximate surface area is 124 Å². The number of benzene rings is 1. The summed E-state index contributed by atoms with van der Waals surface area (Å²) in [6.07, 6.45) is 0. The quantitative estimate of drug-likeness (QED) is 0.906. The standard InChI is InChI=1S/C13H11ClFN3O3/c1-7-5-10(18-21-7)17-11(19)6-16-13(20)12-8(14)3-2-4-9(12)15/h2-5H,6H2,1H3,(H,16,20)(H,17,18,19). The smallest absolute Gasteiger partial charge is 0.256 e. The number of anilines is 1. The van der Waals surface area contributed by atoms with Crippen molar-refractivity contribution in [3.63, 3.8) is 0 Å². The van der Waals surface area contributed by atoms with Crippen molar-refractivity contribution in [3.8, 4) is 0 Å². The van der Waals surface area contributed by atoms with Crippen LogP contribution in [0, 0.1) is 12.7 Å². The van der Waals surface area contributed by atoms with Crippen LogP contribution in [0.3, 0.4) is 0 Å². The van der Waals surface area contributed by atoms with Crippen LogP contribution in [-0.2, 0) is 4.79 Å². The molecule has 0 atom stereocenters. The number of aromatic nitrogens is 1. The highest BCUT2D eigenvalue weighted by atomic mass is 35.5. The van der Waals surface area contributed by atoms with Gasteiger partial charge in [0.25, 0.3) is 5.91 Å². The lowest BCUT2D eigenvalue weighted by atomic mass is 10.2. The van der Waals surface area contributed by atoms with Gasteiger partial charge < -0.3 is 15.2 Å². The number of carbonyl (C=O) groups is 2. The van der Waals surface area contributed by atoms with E-state index in [1.54, 1.807) is 6.92 Å². The highest BCUT2D eigenvalue weighted by molar-refractivity contribution is 6.33. The first-order valence-corrected chi connectivity index (χ1v) is 6.30. The molecule has 6 nitrogen and oxygen atoms in total. The Balaban J connectivity index is 1.93. The molecule has 1 aromatic carbocycles. The number of nitrogens with zero attached hydrogens (tertiary/aromatic N) is 1.